The minimum Gasteiger partial charge on any atom is -0.486 e. The van der Waals surface area contributed by atoms with Crippen LogP contribution in [0.2, 0.25) is 5.02 Å². The normalized spacial score (nSPS) is 13.1. The SMILES string of the molecule is Nc1ccc(Nc2ccc3c(c2)OCCO3)c(Cl)c1. The fraction of sp³-hybridized carbons (Fsp3) is 0.143. The van der Waals surface area contributed by atoms with E-state index in [-0.39, 0.29) is 0 Å². The lowest BCUT2D eigenvalue weighted by atomic mass is 10.2. The molecule has 2 aromatic rings. The van der Waals surface area contributed by atoms with Gasteiger partial charge in [0.05, 0.1) is 10.7 Å². The van der Waals surface area contributed by atoms with Crippen molar-refractivity contribution >= 4 is 28.7 Å². The topological polar surface area (TPSA) is 56.5 Å². The van der Waals surface area contributed by atoms with Gasteiger partial charge in [-0.05, 0) is 30.3 Å². The van der Waals surface area contributed by atoms with Crippen LogP contribution >= 0.6 is 11.6 Å². The number of hydrogen-bond donors (Lipinski definition) is 2. The van der Waals surface area contributed by atoms with Crippen LogP contribution in [0.1, 0.15) is 0 Å². The molecule has 1 heterocycles. The van der Waals surface area contributed by atoms with Crippen LogP contribution in [-0.2, 0) is 0 Å². The van der Waals surface area contributed by atoms with Crippen LogP contribution in [-0.4, -0.2) is 13.2 Å². The van der Waals surface area contributed by atoms with E-state index in [2.05, 4.69) is 5.32 Å². The predicted molar refractivity (Wildman–Crippen MR) is 76.6 cm³/mol. The van der Waals surface area contributed by atoms with Crippen LogP contribution in [0.3, 0.4) is 0 Å². The molecule has 3 rings (SSSR count). The van der Waals surface area contributed by atoms with Crippen molar-refractivity contribution < 1.29 is 9.47 Å². The molecule has 2 aromatic carbocycles. The van der Waals surface area contributed by atoms with E-state index in [4.69, 9.17) is 26.8 Å². The molecular weight excluding hydrogens is 264 g/mol. The molecule has 0 bridgehead atoms. The molecule has 5 heteroatoms. The third kappa shape index (κ3) is 2.53. The van der Waals surface area contributed by atoms with Crippen molar-refractivity contribution in [3.63, 3.8) is 0 Å². The predicted octanol–water partition coefficient (Wildman–Crippen LogP) is 3.44. The number of nitrogen functional groups attached to an aromatic ring is 1. The zero-order chi connectivity index (χ0) is 13.2. The number of nitrogens with one attached hydrogen (secondary N) is 1. The minimum absolute atomic E-state index is 0.569. The van der Waals surface area contributed by atoms with E-state index in [1.807, 2.05) is 24.3 Å². The third-order valence-electron chi connectivity index (χ3n) is 2.81. The summed E-state index contributed by atoms with van der Waals surface area (Å²) in [7, 11) is 0. The van der Waals surface area contributed by atoms with E-state index >= 15 is 0 Å². The molecule has 3 N–H and O–H groups in total. The Kier molecular flexibility index (Phi) is 3.09. The molecule has 98 valence electrons. The number of hydrogen-bond acceptors (Lipinski definition) is 4. The van der Waals surface area contributed by atoms with Crippen molar-refractivity contribution in [3.05, 3.63) is 41.4 Å². The molecule has 0 atom stereocenters. The van der Waals surface area contributed by atoms with Gasteiger partial charge in [0.15, 0.2) is 11.5 Å². The van der Waals surface area contributed by atoms with Gasteiger partial charge in [-0.2, -0.15) is 0 Å². The maximum absolute atomic E-state index is 6.12. The van der Waals surface area contributed by atoms with E-state index in [1.54, 1.807) is 12.1 Å². The molecule has 4 nitrogen and oxygen atoms in total. The van der Waals surface area contributed by atoms with Gasteiger partial charge in [0.2, 0.25) is 0 Å². The second-order valence-electron chi connectivity index (χ2n) is 4.22. The summed E-state index contributed by atoms with van der Waals surface area (Å²) in [5, 5.41) is 3.81. The van der Waals surface area contributed by atoms with Gasteiger partial charge in [0.25, 0.3) is 0 Å². The Bertz CT molecular complexity index is 616. The van der Waals surface area contributed by atoms with Crippen molar-refractivity contribution in [1.82, 2.24) is 0 Å². The van der Waals surface area contributed by atoms with E-state index in [1.165, 1.54) is 0 Å². The van der Waals surface area contributed by atoms with Gasteiger partial charge in [-0.15, -0.1) is 0 Å². The molecule has 0 spiro atoms. The maximum atomic E-state index is 6.12. The molecule has 1 aliphatic heterocycles. The second kappa shape index (κ2) is 4.90. The molecule has 0 unspecified atom stereocenters. The molecule has 19 heavy (non-hydrogen) atoms. The Labute approximate surface area is 116 Å². The van der Waals surface area contributed by atoms with Crippen LogP contribution in [0.15, 0.2) is 36.4 Å². The fourth-order valence-corrected chi connectivity index (χ4v) is 2.15. The van der Waals surface area contributed by atoms with E-state index < -0.39 is 0 Å². The molecule has 0 fully saturated rings. The average Bonchev–Trinajstić information content (AvgIpc) is 2.42. The van der Waals surface area contributed by atoms with Gasteiger partial charge in [-0.1, -0.05) is 11.6 Å². The Morgan fingerprint density at radius 1 is 1.00 bits per heavy atom. The highest BCUT2D eigenvalue weighted by Crippen LogP contribution is 2.35. The number of halogens is 1. The molecule has 0 amide bonds. The number of benzene rings is 2. The molecule has 0 saturated heterocycles. The molecule has 0 radical (unpaired) electrons. The van der Waals surface area contributed by atoms with Crippen LogP contribution in [0.4, 0.5) is 17.1 Å². The lowest BCUT2D eigenvalue weighted by molar-refractivity contribution is 0.171. The summed E-state index contributed by atoms with van der Waals surface area (Å²) in [5.74, 6) is 1.50. The second-order valence-corrected chi connectivity index (χ2v) is 4.63. The van der Waals surface area contributed by atoms with Gasteiger partial charge in [0.1, 0.15) is 13.2 Å². The van der Waals surface area contributed by atoms with Crippen molar-refractivity contribution in [2.45, 2.75) is 0 Å². The monoisotopic (exact) mass is 276 g/mol. The maximum Gasteiger partial charge on any atom is 0.163 e. The van der Waals surface area contributed by atoms with Gasteiger partial charge >= 0.3 is 0 Å². The Morgan fingerprint density at radius 2 is 1.79 bits per heavy atom. The van der Waals surface area contributed by atoms with Crippen molar-refractivity contribution in [2.75, 3.05) is 24.3 Å². The Morgan fingerprint density at radius 3 is 2.58 bits per heavy atom. The summed E-state index contributed by atoms with van der Waals surface area (Å²) in [6.07, 6.45) is 0. The highest BCUT2D eigenvalue weighted by atomic mass is 35.5. The summed E-state index contributed by atoms with van der Waals surface area (Å²) >= 11 is 6.12. The molecule has 0 aliphatic carbocycles. The van der Waals surface area contributed by atoms with Gasteiger partial charge in [0, 0.05) is 17.4 Å². The zero-order valence-corrected chi connectivity index (χ0v) is 10.9. The third-order valence-corrected chi connectivity index (χ3v) is 3.13. The largest absolute Gasteiger partial charge is 0.486 e. The van der Waals surface area contributed by atoms with E-state index in [0.29, 0.717) is 23.9 Å². The van der Waals surface area contributed by atoms with E-state index in [9.17, 15) is 0 Å². The first kappa shape index (κ1) is 12.0. The summed E-state index contributed by atoms with van der Waals surface area (Å²) in [6, 6.07) is 11.0. The molecular formula is C14H13ClN2O2. The van der Waals surface area contributed by atoms with Gasteiger partial charge < -0.3 is 20.5 Å². The number of nitrogens with two attached hydrogens (primary N) is 1. The highest BCUT2D eigenvalue weighted by molar-refractivity contribution is 6.33. The fourth-order valence-electron chi connectivity index (χ4n) is 1.91. The molecule has 1 aliphatic rings. The van der Waals surface area contributed by atoms with Gasteiger partial charge in [-0.25, -0.2) is 0 Å². The minimum atomic E-state index is 0.569. The molecule has 0 aromatic heterocycles. The van der Waals surface area contributed by atoms with Gasteiger partial charge in [-0.3, -0.25) is 0 Å². The summed E-state index contributed by atoms with van der Waals surface area (Å²) in [4.78, 5) is 0. The average molecular weight is 277 g/mol. The molecule has 0 saturated carbocycles. The Balaban J connectivity index is 1.87. The smallest absolute Gasteiger partial charge is 0.163 e. The first-order chi connectivity index (χ1) is 9.22. The first-order valence-electron chi connectivity index (χ1n) is 5.94. The van der Waals surface area contributed by atoms with E-state index in [0.717, 1.165) is 22.9 Å². The van der Waals surface area contributed by atoms with Crippen molar-refractivity contribution in [3.8, 4) is 11.5 Å². The zero-order valence-electron chi connectivity index (χ0n) is 10.2. The number of fused-ring (bicyclic) bond motifs is 1. The summed E-state index contributed by atoms with van der Waals surface area (Å²) in [5.41, 5.74) is 7.98. The summed E-state index contributed by atoms with van der Waals surface area (Å²) in [6.45, 7) is 1.16. The van der Waals surface area contributed by atoms with Crippen LogP contribution in [0, 0.1) is 0 Å². The summed E-state index contributed by atoms with van der Waals surface area (Å²) < 4.78 is 11.0. The lowest BCUT2D eigenvalue weighted by Crippen LogP contribution is -2.15. The first-order valence-corrected chi connectivity index (χ1v) is 6.32. The highest BCUT2D eigenvalue weighted by Gasteiger charge is 2.12. The van der Waals surface area contributed by atoms with Crippen LogP contribution in [0.5, 0.6) is 11.5 Å². The van der Waals surface area contributed by atoms with Crippen molar-refractivity contribution in [1.29, 1.82) is 0 Å². The number of ether oxygens (including phenoxy) is 2. The lowest BCUT2D eigenvalue weighted by Gasteiger charge is -2.19. The standard InChI is InChI=1S/C14H13ClN2O2/c15-11-7-9(16)1-3-12(11)17-10-2-4-13-14(8-10)19-6-5-18-13/h1-4,7-8,17H,5-6,16H2. The quantitative estimate of drug-likeness (QED) is 0.825. The number of rotatable bonds is 2. The number of anilines is 3. The Hall–Kier alpha value is -2.07. The van der Waals surface area contributed by atoms with Crippen LogP contribution in [0.25, 0.3) is 0 Å². The van der Waals surface area contributed by atoms with Crippen molar-refractivity contribution in [2.24, 2.45) is 0 Å². The van der Waals surface area contributed by atoms with Crippen LogP contribution < -0.4 is 20.5 Å².